The number of aliphatic hydroxyl groups excluding tert-OH is 2. The fraction of sp³-hybridized carbons (Fsp3) is 0.840. The van der Waals surface area contributed by atoms with Crippen LogP contribution in [0.4, 0.5) is 0 Å². The van der Waals surface area contributed by atoms with Crippen LogP contribution in [0.1, 0.15) is 84.0 Å². The summed E-state index contributed by atoms with van der Waals surface area (Å²) in [6.45, 7) is 5.81. The van der Waals surface area contributed by atoms with Crippen molar-refractivity contribution >= 4 is 0 Å². The van der Waals surface area contributed by atoms with Crippen LogP contribution in [-0.4, -0.2) is 47.0 Å². The molecule has 0 amide bonds. The molecular formula is C25H41NO2. The normalized spacial score (nSPS) is 42.8. The largest absolute Gasteiger partial charge is 0.393 e. The minimum atomic E-state index is -0.112. The molecule has 4 rings (SSSR count). The first-order valence-corrected chi connectivity index (χ1v) is 12.0. The number of rotatable bonds is 4. The predicted molar refractivity (Wildman–Crippen MR) is 115 cm³/mol. The van der Waals surface area contributed by atoms with E-state index < -0.39 is 0 Å². The highest BCUT2D eigenvalue weighted by Crippen LogP contribution is 2.58. The van der Waals surface area contributed by atoms with Gasteiger partial charge in [-0.25, -0.2) is 0 Å². The molecule has 1 saturated heterocycles. The Morgan fingerprint density at radius 3 is 2.68 bits per heavy atom. The zero-order chi connectivity index (χ0) is 19.6. The van der Waals surface area contributed by atoms with Gasteiger partial charge in [0.05, 0.1) is 12.2 Å². The first kappa shape index (κ1) is 20.6. The van der Waals surface area contributed by atoms with Crippen molar-refractivity contribution in [2.45, 2.75) is 96.2 Å². The average Bonchev–Trinajstić information content (AvgIpc) is 3.01. The number of hydrogen-bond acceptors (Lipinski definition) is 3. The van der Waals surface area contributed by atoms with Crippen LogP contribution in [0.2, 0.25) is 0 Å². The van der Waals surface area contributed by atoms with E-state index >= 15 is 0 Å². The van der Waals surface area contributed by atoms with Gasteiger partial charge in [0.1, 0.15) is 0 Å². The summed E-state index contributed by atoms with van der Waals surface area (Å²) in [5.41, 5.74) is 3.62. The number of nitrogens with zero attached hydrogens (tertiary/aromatic N) is 1. The van der Waals surface area contributed by atoms with Gasteiger partial charge >= 0.3 is 0 Å². The molecule has 0 bridgehead atoms. The van der Waals surface area contributed by atoms with Crippen LogP contribution in [0.5, 0.6) is 0 Å². The van der Waals surface area contributed by atoms with Crippen LogP contribution >= 0.6 is 0 Å². The molecule has 0 radical (unpaired) electrons. The Morgan fingerprint density at radius 1 is 1.00 bits per heavy atom. The van der Waals surface area contributed by atoms with E-state index in [0.29, 0.717) is 5.41 Å². The summed E-state index contributed by atoms with van der Waals surface area (Å²) >= 11 is 0. The van der Waals surface area contributed by atoms with Crippen molar-refractivity contribution in [1.29, 1.82) is 0 Å². The van der Waals surface area contributed by atoms with Gasteiger partial charge < -0.3 is 15.1 Å². The molecule has 3 heteroatoms. The van der Waals surface area contributed by atoms with Crippen molar-refractivity contribution < 1.29 is 10.2 Å². The molecule has 4 fully saturated rings. The van der Waals surface area contributed by atoms with E-state index in [1.807, 2.05) is 0 Å². The zero-order valence-corrected chi connectivity index (χ0v) is 17.9. The number of likely N-dealkylation sites (tertiary alicyclic amines) is 1. The van der Waals surface area contributed by atoms with Crippen LogP contribution in [0.3, 0.4) is 0 Å². The third-order valence-corrected chi connectivity index (χ3v) is 8.50. The van der Waals surface area contributed by atoms with E-state index in [9.17, 15) is 10.2 Å². The molecule has 1 aliphatic heterocycles. The lowest BCUT2D eigenvalue weighted by atomic mass is 9.63. The van der Waals surface area contributed by atoms with Crippen LogP contribution in [0.15, 0.2) is 23.3 Å². The van der Waals surface area contributed by atoms with Gasteiger partial charge in [0.2, 0.25) is 0 Å². The van der Waals surface area contributed by atoms with Gasteiger partial charge in [-0.1, -0.05) is 30.2 Å². The highest BCUT2D eigenvalue weighted by Gasteiger charge is 2.48. The number of β-amino-alcohol motifs (C(OH)–C–C–N with tert-alkyl or cyclic N) is 1. The molecule has 4 aliphatic rings. The van der Waals surface area contributed by atoms with E-state index in [-0.39, 0.29) is 12.2 Å². The van der Waals surface area contributed by atoms with Gasteiger partial charge in [0.15, 0.2) is 0 Å². The van der Waals surface area contributed by atoms with Crippen molar-refractivity contribution in [3.05, 3.63) is 23.3 Å². The highest BCUT2D eigenvalue weighted by atomic mass is 16.3. The number of piperidine rings is 1. The Balaban J connectivity index is 1.38. The minimum Gasteiger partial charge on any atom is -0.393 e. The van der Waals surface area contributed by atoms with E-state index in [1.165, 1.54) is 63.6 Å². The maximum absolute atomic E-state index is 9.96. The molecule has 158 valence electrons. The smallest absolute Gasteiger partial charge is 0.0667 e. The Hall–Kier alpha value is -0.640. The average molecular weight is 388 g/mol. The second-order valence-electron chi connectivity index (χ2n) is 10.4. The van der Waals surface area contributed by atoms with Gasteiger partial charge in [-0.05, 0) is 107 Å². The molecule has 0 spiro atoms. The van der Waals surface area contributed by atoms with Crippen molar-refractivity contribution in [2.24, 2.45) is 17.3 Å². The monoisotopic (exact) mass is 387 g/mol. The first-order valence-electron chi connectivity index (χ1n) is 12.0. The Kier molecular flexibility index (Phi) is 6.64. The quantitative estimate of drug-likeness (QED) is 0.725. The summed E-state index contributed by atoms with van der Waals surface area (Å²) in [5, 5.41) is 19.9. The second-order valence-corrected chi connectivity index (χ2v) is 10.4. The first-order chi connectivity index (χ1) is 13.5. The third kappa shape index (κ3) is 4.57. The van der Waals surface area contributed by atoms with E-state index in [0.717, 1.165) is 50.5 Å². The third-order valence-electron chi connectivity index (χ3n) is 8.50. The van der Waals surface area contributed by atoms with Gasteiger partial charge in [-0.3, -0.25) is 0 Å². The topological polar surface area (TPSA) is 43.7 Å². The standard InChI is InChI=1S/C25H41NO2/c1-25-14-3-6-20(10-9-19-5-2-7-22(27)17-19)24(25)12-11-21(25)13-16-26-15-4-8-23(28)18-26/h9-10,21-24,27-28H,2-8,11-18H2,1H3/b19-9-,20-10+/t21-,22?,23+,24?,25?/m1/s1. The lowest BCUT2D eigenvalue weighted by Gasteiger charge is -2.43. The molecule has 3 unspecified atom stereocenters. The van der Waals surface area contributed by atoms with Gasteiger partial charge in [-0.15, -0.1) is 0 Å². The summed E-state index contributed by atoms with van der Waals surface area (Å²) in [6.07, 6.45) is 19.0. The molecule has 3 nitrogen and oxygen atoms in total. The van der Waals surface area contributed by atoms with Crippen molar-refractivity contribution in [1.82, 2.24) is 4.90 Å². The summed E-state index contributed by atoms with van der Waals surface area (Å²) in [4.78, 5) is 2.50. The Bertz CT molecular complexity index is 597. The van der Waals surface area contributed by atoms with Crippen LogP contribution in [0, 0.1) is 17.3 Å². The van der Waals surface area contributed by atoms with Gasteiger partial charge in [-0.2, -0.15) is 0 Å². The molecule has 28 heavy (non-hydrogen) atoms. The SMILES string of the molecule is CC12CCC/C(=C\C=C3\CCCC(O)C3)C1CC[C@@H]2CCN1CCC[C@H](O)C1. The van der Waals surface area contributed by atoms with Crippen LogP contribution in [0.25, 0.3) is 0 Å². The predicted octanol–water partition coefficient (Wildman–Crippen LogP) is 4.84. The summed E-state index contributed by atoms with van der Waals surface area (Å²) in [7, 11) is 0. The van der Waals surface area contributed by atoms with E-state index in [2.05, 4.69) is 24.0 Å². The number of fused-ring (bicyclic) bond motifs is 1. The molecule has 1 heterocycles. The lowest BCUT2D eigenvalue weighted by molar-refractivity contribution is 0.0583. The maximum atomic E-state index is 9.96. The molecule has 0 aromatic heterocycles. The van der Waals surface area contributed by atoms with E-state index in [4.69, 9.17) is 0 Å². The van der Waals surface area contributed by atoms with E-state index in [1.54, 1.807) is 5.57 Å². The van der Waals surface area contributed by atoms with Crippen LogP contribution < -0.4 is 0 Å². The Morgan fingerprint density at radius 2 is 1.86 bits per heavy atom. The van der Waals surface area contributed by atoms with Crippen molar-refractivity contribution in [3.8, 4) is 0 Å². The molecule has 3 saturated carbocycles. The van der Waals surface area contributed by atoms with Crippen molar-refractivity contribution in [2.75, 3.05) is 19.6 Å². The molecule has 3 aliphatic carbocycles. The van der Waals surface area contributed by atoms with Gasteiger partial charge in [0, 0.05) is 6.54 Å². The summed E-state index contributed by atoms with van der Waals surface area (Å²) in [5.74, 6) is 1.60. The summed E-state index contributed by atoms with van der Waals surface area (Å²) < 4.78 is 0. The molecular weight excluding hydrogens is 346 g/mol. The lowest BCUT2D eigenvalue weighted by Crippen LogP contribution is -2.40. The number of aliphatic hydroxyl groups is 2. The minimum absolute atomic E-state index is 0.101. The maximum Gasteiger partial charge on any atom is 0.0667 e. The molecule has 5 atom stereocenters. The second kappa shape index (κ2) is 9.02. The van der Waals surface area contributed by atoms with Crippen LogP contribution in [-0.2, 0) is 0 Å². The Labute approximate surface area is 171 Å². The molecule has 0 aromatic carbocycles. The van der Waals surface area contributed by atoms with Gasteiger partial charge in [0.25, 0.3) is 0 Å². The number of allylic oxidation sites excluding steroid dienone is 3. The fourth-order valence-corrected chi connectivity index (χ4v) is 6.84. The highest BCUT2D eigenvalue weighted by molar-refractivity contribution is 5.25. The molecule has 2 N–H and O–H groups in total. The van der Waals surface area contributed by atoms with Crippen molar-refractivity contribution in [3.63, 3.8) is 0 Å². The summed E-state index contributed by atoms with van der Waals surface area (Å²) in [6, 6.07) is 0. The fourth-order valence-electron chi connectivity index (χ4n) is 6.84. The molecule has 0 aromatic rings. The number of hydrogen-bond donors (Lipinski definition) is 2. The zero-order valence-electron chi connectivity index (χ0n) is 17.9.